The Morgan fingerprint density at radius 3 is 2.57 bits per heavy atom. The largest absolute Gasteiger partial charge is 0.476 e. The van der Waals surface area contributed by atoms with E-state index in [0.29, 0.717) is 6.42 Å². The predicted octanol–water partition coefficient (Wildman–Crippen LogP) is 3.87. The lowest BCUT2D eigenvalue weighted by molar-refractivity contribution is -0.138. The van der Waals surface area contributed by atoms with Gasteiger partial charge in [-0.1, -0.05) is 0 Å². The molecular formula is C19H23F3N2O4. The molecule has 1 aliphatic rings. The Labute approximate surface area is 161 Å². The molecule has 0 fully saturated rings. The number of halogens is 3. The van der Waals surface area contributed by atoms with Crippen molar-refractivity contribution >= 4 is 23.8 Å². The van der Waals surface area contributed by atoms with E-state index in [1.807, 2.05) is 0 Å². The summed E-state index contributed by atoms with van der Waals surface area (Å²) >= 11 is 0. The Balaban J connectivity index is 2.50. The first-order valence-corrected chi connectivity index (χ1v) is 8.78. The molecule has 1 amide bonds. The molecule has 28 heavy (non-hydrogen) atoms. The highest BCUT2D eigenvalue weighted by molar-refractivity contribution is 6.04. The number of fused-ring (bicyclic) bond motifs is 1. The van der Waals surface area contributed by atoms with E-state index < -0.39 is 28.9 Å². The van der Waals surface area contributed by atoms with Gasteiger partial charge in [0.1, 0.15) is 5.75 Å². The van der Waals surface area contributed by atoms with Crippen molar-refractivity contribution in [2.24, 2.45) is 4.99 Å². The third-order valence-corrected chi connectivity index (χ3v) is 4.37. The van der Waals surface area contributed by atoms with Crippen molar-refractivity contribution in [2.45, 2.75) is 44.9 Å². The minimum absolute atomic E-state index is 0.0975. The molecule has 0 aliphatic carbocycles. The van der Waals surface area contributed by atoms with Crippen LogP contribution in [0.4, 0.5) is 18.9 Å². The number of aliphatic imine (C=N–C) groups is 1. The van der Waals surface area contributed by atoms with E-state index in [-0.39, 0.29) is 23.9 Å². The van der Waals surface area contributed by atoms with Gasteiger partial charge in [0.25, 0.3) is 5.91 Å². The first-order valence-electron chi connectivity index (χ1n) is 8.78. The number of hydrogen-bond donors (Lipinski definition) is 0. The SMILES string of the molecule is CN=CCCCCN1C(=O)C(C)(C)Oc2cc(C(F)(F)F)c(C(=O)OC)cc21. The molecule has 0 saturated carbocycles. The number of hydrogen-bond acceptors (Lipinski definition) is 5. The number of alkyl halides is 3. The van der Waals surface area contributed by atoms with E-state index in [1.165, 1.54) is 18.7 Å². The van der Waals surface area contributed by atoms with E-state index >= 15 is 0 Å². The lowest BCUT2D eigenvalue weighted by Crippen LogP contribution is -2.53. The average Bonchev–Trinajstić information content (AvgIpc) is 2.61. The fourth-order valence-corrected chi connectivity index (χ4v) is 2.98. The average molecular weight is 400 g/mol. The van der Waals surface area contributed by atoms with Crippen molar-refractivity contribution in [2.75, 3.05) is 25.6 Å². The Bertz CT molecular complexity index is 788. The van der Waals surface area contributed by atoms with E-state index in [1.54, 1.807) is 13.3 Å². The molecular weight excluding hydrogens is 377 g/mol. The number of rotatable bonds is 6. The molecule has 0 spiro atoms. The highest BCUT2D eigenvalue weighted by Gasteiger charge is 2.44. The Morgan fingerprint density at radius 2 is 2.00 bits per heavy atom. The highest BCUT2D eigenvalue weighted by Crippen LogP contribution is 2.44. The Kier molecular flexibility index (Phi) is 6.36. The molecule has 9 heteroatoms. The zero-order valence-electron chi connectivity index (χ0n) is 16.2. The van der Waals surface area contributed by atoms with Gasteiger partial charge in [0.2, 0.25) is 0 Å². The van der Waals surface area contributed by atoms with Gasteiger partial charge in [-0.2, -0.15) is 13.2 Å². The number of esters is 1. The van der Waals surface area contributed by atoms with E-state index in [2.05, 4.69) is 9.73 Å². The lowest BCUT2D eigenvalue weighted by atomic mass is 9.99. The molecule has 0 atom stereocenters. The maximum absolute atomic E-state index is 13.4. The fourth-order valence-electron chi connectivity index (χ4n) is 2.98. The second kappa shape index (κ2) is 8.20. The smallest absolute Gasteiger partial charge is 0.417 e. The van der Waals surface area contributed by atoms with Crippen molar-refractivity contribution in [3.8, 4) is 5.75 Å². The van der Waals surface area contributed by atoms with Crippen LogP contribution in [0.5, 0.6) is 5.75 Å². The monoisotopic (exact) mass is 400 g/mol. The molecule has 1 aliphatic heterocycles. The van der Waals surface area contributed by atoms with Crippen LogP contribution >= 0.6 is 0 Å². The summed E-state index contributed by atoms with van der Waals surface area (Å²) in [6.07, 6.45) is -0.933. The Morgan fingerprint density at radius 1 is 1.32 bits per heavy atom. The highest BCUT2D eigenvalue weighted by atomic mass is 19.4. The third kappa shape index (κ3) is 4.45. The van der Waals surface area contributed by atoms with Crippen molar-refractivity contribution in [3.63, 3.8) is 0 Å². The molecule has 0 radical (unpaired) electrons. The number of benzene rings is 1. The summed E-state index contributed by atoms with van der Waals surface area (Å²) in [7, 11) is 2.66. The molecule has 0 bridgehead atoms. The number of methoxy groups -OCH3 is 1. The van der Waals surface area contributed by atoms with Gasteiger partial charge in [0.05, 0.1) is 23.9 Å². The fraction of sp³-hybridized carbons (Fsp3) is 0.526. The molecule has 6 nitrogen and oxygen atoms in total. The van der Waals surface area contributed by atoms with Crippen molar-refractivity contribution in [3.05, 3.63) is 23.3 Å². The van der Waals surface area contributed by atoms with Gasteiger partial charge in [-0.15, -0.1) is 0 Å². The first kappa shape index (κ1) is 21.7. The lowest BCUT2D eigenvalue weighted by Gasteiger charge is -2.39. The second-order valence-corrected chi connectivity index (χ2v) is 6.86. The van der Waals surface area contributed by atoms with Gasteiger partial charge in [-0.3, -0.25) is 4.79 Å². The quantitative estimate of drug-likeness (QED) is 0.413. The molecule has 1 aromatic carbocycles. The number of nitrogens with zero attached hydrogens (tertiary/aromatic N) is 2. The molecule has 154 valence electrons. The zero-order valence-corrected chi connectivity index (χ0v) is 16.2. The molecule has 0 aromatic heterocycles. The van der Waals surface area contributed by atoms with Crippen LogP contribution in [0, 0.1) is 0 Å². The summed E-state index contributed by atoms with van der Waals surface area (Å²) in [6, 6.07) is 1.77. The summed E-state index contributed by atoms with van der Waals surface area (Å²) in [4.78, 5) is 30.0. The summed E-state index contributed by atoms with van der Waals surface area (Å²) in [5.74, 6) is -1.62. The molecule has 2 rings (SSSR count). The third-order valence-electron chi connectivity index (χ3n) is 4.37. The van der Waals surface area contributed by atoms with Crippen LogP contribution in [0.25, 0.3) is 0 Å². The molecule has 0 unspecified atom stereocenters. The minimum Gasteiger partial charge on any atom is -0.476 e. The number of unbranched alkanes of at least 4 members (excludes halogenated alkanes) is 2. The van der Waals surface area contributed by atoms with Gasteiger partial charge in [-0.05, 0) is 51.5 Å². The van der Waals surface area contributed by atoms with Crippen LogP contribution in [0.1, 0.15) is 49.0 Å². The van der Waals surface area contributed by atoms with Crippen LogP contribution in [-0.2, 0) is 15.7 Å². The molecule has 0 N–H and O–H groups in total. The maximum atomic E-state index is 13.4. The summed E-state index contributed by atoms with van der Waals surface area (Å²) in [5.41, 5.74) is -3.02. The van der Waals surface area contributed by atoms with Crippen molar-refractivity contribution in [1.82, 2.24) is 0 Å². The van der Waals surface area contributed by atoms with Crippen LogP contribution in [0.2, 0.25) is 0 Å². The van der Waals surface area contributed by atoms with Crippen LogP contribution < -0.4 is 9.64 Å². The van der Waals surface area contributed by atoms with Gasteiger partial charge in [-0.25, -0.2) is 4.79 Å². The maximum Gasteiger partial charge on any atom is 0.417 e. The normalized spacial score (nSPS) is 16.1. The summed E-state index contributed by atoms with van der Waals surface area (Å²) in [6.45, 7) is 3.27. The summed E-state index contributed by atoms with van der Waals surface area (Å²) < 4.78 is 50.4. The van der Waals surface area contributed by atoms with Crippen molar-refractivity contribution in [1.29, 1.82) is 0 Å². The number of anilines is 1. The van der Waals surface area contributed by atoms with Gasteiger partial charge in [0.15, 0.2) is 5.60 Å². The number of carbonyl (C=O) groups is 2. The zero-order chi connectivity index (χ0) is 21.1. The van der Waals surface area contributed by atoms with Crippen LogP contribution in [0.15, 0.2) is 17.1 Å². The second-order valence-electron chi connectivity index (χ2n) is 6.86. The van der Waals surface area contributed by atoms with E-state index in [9.17, 15) is 22.8 Å². The van der Waals surface area contributed by atoms with E-state index in [4.69, 9.17) is 4.74 Å². The van der Waals surface area contributed by atoms with Gasteiger partial charge < -0.3 is 19.4 Å². The molecule has 1 aromatic rings. The summed E-state index contributed by atoms with van der Waals surface area (Å²) in [5, 5.41) is 0. The minimum atomic E-state index is -4.78. The molecule has 1 heterocycles. The van der Waals surface area contributed by atoms with Gasteiger partial charge >= 0.3 is 12.1 Å². The number of amides is 1. The topological polar surface area (TPSA) is 68.2 Å². The van der Waals surface area contributed by atoms with Crippen molar-refractivity contribution < 1.29 is 32.2 Å². The first-order chi connectivity index (χ1) is 13.0. The Hall–Kier alpha value is -2.58. The number of ether oxygens (including phenoxy) is 2. The predicted molar refractivity (Wildman–Crippen MR) is 98.1 cm³/mol. The standard InChI is InChI=1S/C19H23F3N2O4/c1-18(2)17(26)24(9-7-5-6-8-23-3)14-10-12(16(25)27-4)13(19(20,21)22)11-15(14)28-18/h8,10-11H,5-7,9H2,1-4H3. The number of carbonyl (C=O) groups excluding carboxylic acids is 2. The van der Waals surface area contributed by atoms with E-state index in [0.717, 1.165) is 32.1 Å². The van der Waals surface area contributed by atoms with Gasteiger partial charge in [0, 0.05) is 13.6 Å². The van der Waals surface area contributed by atoms with Crippen LogP contribution in [0.3, 0.4) is 0 Å². The van der Waals surface area contributed by atoms with Crippen LogP contribution in [-0.4, -0.2) is 44.4 Å². The molecule has 0 saturated heterocycles.